The maximum Gasteiger partial charge on any atom is 0.238 e. The van der Waals surface area contributed by atoms with Gasteiger partial charge in [-0.2, -0.15) is 9.97 Å². The molecule has 0 saturated carbocycles. The van der Waals surface area contributed by atoms with Crippen molar-refractivity contribution >= 4 is 43.4 Å². The average molecular weight is 648 g/mol. The van der Waals surface area contributed by atoms with Crippen LogP contribution in [0, 0.1) is 0 Å². The molecule has 3 heterocycles. The zero-order valence-electron chi connectivity index (χ0n) is 26.9. The van der Waals surface area contributed by atoms with Gasteiger partial charge in [0.25, 0.3) is 0 Å². The molecule has 0 fully saturated rings. The van der Waals surface area contributed by atoms with Crippen LogP contribution in [-0.4, -0.2) is 24.5 Å². The number of benzene rings is 6. The van der Waals surface area contributed by atoms with Crippen LogP contribution in [0.3, 0.4) is 0 Å². The lowest BCUT2D eigenvalue weighted by molar-refractivity contribution is 0.665. The summed E-state index contributed by atoms with van der Waals surface area (Å²) in [6.07, 6.45) is 0. The number of fused-ring (bicyclic) bond motifs is 8. The van der Waals surface area contributed by atoms with E-state index in [-0.39, 0.29) is 5.41 Å². The highest BCUT2D eigenvalue weighted by Crippen LogP contribution is 2.52. The second-order valence-corrected chi connectivity index (χ2v) is 14.1. The lowest BCUT2D eigenvalue weighted by Gasteiger charge is -2.21. The minimum atomic E-state index is -0.115. The predicted molar refractivity (Wildman–Crippen MR) is 201 cm³/mol. The van der Waals surface area contributed by atoms with Crippen molar-refractivity contribution in [2.24, 2.45) is 0 Å². The van der Waals surface area contributed by atoms with E-state index >= 15 is 0 Å². The maximum atomic E-state index is 5.08. The standard InChI is InChI=1S/C43H29N5S/c1-43(2)34-20-17-28(23-32(34)31-19-22-37-39(38(31)43)44-25-49-37)29-18-21-36-33(24-29)30-15-9-10-16-35(30)48(36)42-46-40(26-11-5-3-6-12-26)45-41(47-42)27-13-7-4-8-14-27/h3-25H,1-2H3. The summed E-state index contributed by atoms with van der Waals surface area (Å²) in [4.78, 5) is 19.9. The van der Waals surface area contributed by atoms with Crippen molar-refractivity contribution in [3.8, 4) is 51.0 Å². The molecule has 0 atom stereocenters. The van der Waals surface area contributed by atoms with Gasteiger partial charge in [-0.15, -0.1) is 11.3 Å². The number of para-hydroxylation sites is 1. The van der Waals surface area contributed by atoms with Gasteiger partial charge in [0.15, 0.2) is 11.6 Å². The summed E-state index contributed by atoms with van der Waals surface area (Å²) in [6, 6.07) is 47.0. The smallest absolute Gasteiger partial charge is 0.238 e. The largest absolute Gasteiger partial charge is 0.278 e. The van der Waals surface area contributed by atoms with Gasteiger partial charge in [0.2, 0.25) is 5.95 Å². The summed E-state index contributed by atoms with van der Waals surface area (Å²) in [5.74, 6) is 1.88. The first kappa shape index (κ1) is 28.1. The fourth-order valence-corrected chi connectivity index (χ4v) is 8.36. The number of hydrogen-bond donors (Lipinski definition) is 0. The second-order valence-electron chi connectivity index (χ2n) is 13.2. The first-order valence-electron chi connectivity index (χ1n) is 16.5. The van der Waals surface area contributed by atoms with E-state index in [1.54, 1.807) is 11.3 Å². The van der Waals surface area contributed by atoms with Crippen LogP contribution < -0.4 is 0 Å². The molecule has 6 heteroatoms. The Hall–Kier alpha value is -5.98. The highest BCUT2D eigenvalue weighted by molar-refractivity contribution is 7.16. The first-order chi connectivity index (χ1) is 24.0. The zero-order valence-corrected chi connectivity index (χ0v) is 27.7. The van der Waals surface area contributed by atoms with Crippen LogP contribution in [0.5, 0.6) is 0 Å². The molecule has 0 spiro atoms. The quantitative estimate of drug-likeness (QED) is 0.191. The molecule has 1 aliphatic carbocycles. The van der Waals surface area contributed by atoms with Crippen LogP contribution >= 0.6 is 11.3 Å². The van der Waals surface area contributed by atoms with Crippen LogP contribution in [0.2, 0.25) is 0 Å². The average Bonchev–Trinajstić information content (AvgIpc) is 3.83. The van der Waals surface area contributed by atoms with E-state index in [0.29, 0.717) is 17.6 Å². The Morgan fingerprint density at radius 3 is 1.96 bits per heavy atom. The molecule has 0 aliphatic heterocycles. The van der Waals surface area contributed by atoms with Gasteiger partial charge in [-0.05, 0) is 63.7 Å². The number of hydrogen-bond acceptors (Lipinski definition) is 5. The van der Waals surface area contributed by atoms with Gasteiger partial charge in [-0.3, -0.25) is 4.57 Å². The fourth-order valence-electron chi connectivity index (χ4n) is 7.68. The predicted octanol–water partition coefficient (Wildman–Crippen LogP) is 10.9. The van der Waals surface area contributed by atoms with Crippen molar-refractivity contribution in [3.05, 3.63) is 150 Å². The van der Waals surface area contributed by atoms with Gasteiger partial charge in [0, 0.05) is 27.3 Å². The summed E-state index contributed by atoms with van der Waals surface area (Å²) in [5, 5.41) is 2.31. The van der Waals surface area contributed by atoms with Crippen molar-refractivity contribution in [2.75, 3.05) is 0 Å². The summed E-state index contributed by atoms with van der Waals surface area (Å²) >= 11 is 1.71. The molecule has 5 nitrogen and oxygen atoms in total. The lowest BCUT2D eigenvalue weighted by Crippen LogP contribution is -2.15. The molecule has 232 valence electrons. The molecular weight excluding hydrogens is 619 g/mol. The van der Waals surface area contributed by atoms with Crippen molar-refractivity contribution in [1.29, 1.82) is 0 Å². The highest BCUT2D eigenvalue weighted by Gasteiger charge is 2.37. The summed E-state index contributed by atoms with van der Waals surface area (Å²) in [7, 11) is 0. The third-order valence-electron chi connectivity index (χ3n) is 10.0. The molecule has 6 aromatic carbocycles. The fraction of sp³-hybridized carbons (Fsp3) is 0.0698. The van der Waals surface area contributed by atoms with E-state index < -0.39 is 0 Å². The summed E-state index contributed by atoms with van der Waals surface area (Å²) < 4.78 is 3.42. The lowest BCUT2D eigenvalue weighted by atomic mass is 9.81. The number of aromatic nitrogens is 5. The van der Waals surface area contributed by atoms with E-state index in [9.17, 15) is 0 Å². The maximum absolute atomic E-state index is 5.08. The monoisotopic (exact) mass is 647 g/mol. The van der Waals surface area contributed by atoms with Crippen molar-refractivity contribution in [3.63, 3.8) is 0 Å². The molecule has 0 bridgehead atoms. The van der Waals surface area contributed by atoms with Crippen LogP contribution in [-0.2, 0) is 5.41 Å². The molecule has 49 heavy (non-hydrogen) atoms. The van der Waals surface area contributed by atoms with Crippen LogP contribution in [0.4, 0.5) is 0 Å². The van der Waals surface area contributed by atoms with Gasteiger partial charge in [0.1, 0.15) is 0 Å². The molecule has 10 rings (SSSR count). The zero-order chi connectivity index (χ0) is 32.7. The molecule has 0 radical (unpaired) electrons. The Morgan fingerprint density at radius 2 is 1.20 bits per heavy atom. The Balaban J connectivity index is 1.16. The molecule has 3 aromatic heterocycles. The molecule has 0 N–H and O–H groups in total. The van der Waals surface area contributed by atoms with Crippen LogP contribution in [0.15, 0.2) is 139 Å². The summed E-state index contributed by atoms with van der Waals surface area (Å²) in [6.45, 7) is 4.65. The van der Waals surface area contributed by atoms with Crippen LogP contribution in [0.1, 0.15) is 25.0 Å². The van der Waals surface area contributed by atoms with E-state index in [4.69, 9.17) is 19.9 Å². The molecule has 1 aliphatic rings. The Morgan fingerprint density at radius 1 is 0.551 bits per heavy atom. The minimum absolute atomic E-state index is 0.115. The van der Waals surface area contributed by atoms with Crippen molar-refractivity contribution in [2.45, 2.75) is 19.3 Å². The first-order valence-corrected chi connectivity index (χ1v) is 17.3. The topological polar surface area (TPSA) is 56.5 Å². The number of rotatable bonds is 4. The molecule has 0 unspecified atom stereocenters. The van der Waals surface area contributed by atoms with Gasteiger partial charge in [-0.1, -0.05) is 117 Å². The number of thiazole rings is 1. The summed E-state index contributed by atoms with van der Waals surface area (Å²) in [5.41, 5.74) is 14.6. The van der Waals surface area contributed by atoms with Gasteiger partial charge < -0.3 is 0 Å². The second kappa shape index (κ2) is 10.5. The van der Waals surface area contributed by atoms with Crippen molar-refractivity contribution in [1.82, 2.24) is 24.5 Å². The molecule has 0 amide bonds. The third-order valence-corrected chi connectivity index (χ3v) is 10.8. The minimum Gasteiger partial charge on any atom is -0.278 e. The van der Waals surface area contributed by atoms with E-state index in [1.807, 2.05) is 66.2 Å². The SMILES string of the molecule is CC1(C)c2ccc(-c3ccc4c(c3)c3ccccc3n4-c3nc(-c4ccccc4)nc(-c4ccccc4)n3)cc2-c2ccc3scnc3c21. The molecule has 0 saturated heterocycles. The Kier molecular flexibility index (Phi) is 6.02. The highest BCUT2D eigenvalue weighted by atomic mass is 32.1. The molecule has 9 aromatic rings. The van der Waals surface area contributed by atoms with Crippen molar-refractivity contribution < 1.29 is 0 Å². The normalized spacial score (nSPS) is 13.3. The Labute approximate surface area is 287 Å². The van der Waals surface area contributed by atoms with E-state index in [1.165, 1.54) is 38.1 Å². The third kappa shape index (κ3) is 4.24. The van der Waals surface area contributed by atoms with E-state index in [2.05, 4.69) is 91.2 Å². The van der Waals surface area contributed by atoms with Gasteiger partial charge in [0.05, 0.1) is 26.8 Å². The van der Waals surface area contributed by atoms with Gasteiger partial charge in [-0.25, -0.2) is 9.97 Å². The Bertz CT molecular complexity index is 2680. The van der Waals surface area contributed by atoms with Gasteiger partial charge >= 0.3 is 0 Å². The molecular formula is C43H29N5S. The number of nitrogens with zero attached hydrogens (tertiary/aromatic N) is 5. The van der Waals surface area contributed by atoms with Crippen LogP contribution in [0.25, 0.3) is 83.0 Å². The van der Waals surface area contributed by atoms with E-state index in [0.717, 1.165) is 38.4 Å².